The summed E-state index contributed by atoms with van der Waals surface area (Å²) in [6, 6.07) is 1.26. The summed E-state index contributed by atoms with van der Waals surface area (Å²) < 4.78 is 36.7. The lowest BCUT2D eigenvalue weighted by atomic mass is 10.0. The second-order valence-corrected chi connectivity index (χ2v) is 11.9. The van der Waals surface area contributed by atoms with E-state index in [0.29, 0.717) is 12.2 Å². The molecule has 1 aromatic rings. The quantitative estimate of drug-likeness (QED) is 0.106. The molecule has 0 aliphatic rings. The second kappa shape index (κ2) is 19.8. The Balaban J connectivity index is 0.00000161. The molecule has 0 fully saturated rings. The number of esters is 1. The highest BCUT2D eigenvalue weighted by molar-refractivity contribution is 8.76. The Kier molecular flexibility index (Phi) is 19.2. The molecule has 1 amide bonds. The molecular weight excluding hydrogens is 578 g/mol. The highest BCUT2D eigenvalue weighted by Gasteiger charge is 2.38. The summed E-state index contributed by atoms with van der Waals surface area (Å²) in [5.74, 6) is -1.52. The average Bonchev–Trinajstić information content (AvgIpc) is 3.35. The van der Waals surface area contributed by atoms with E-state index in [1.165, 1.54) is 6.92 Å². The summed E-state index contributed by atoms with van der Waals surface area (Å²) in [5.41, 5.74) is 7.18. The van der Waals surface area contributed by atoms with E-state index in [0.717, 1.165) is 23.5 Å². The Labute approximate surface area is 229 Å². The molecule has 0 aliphatic carbocycles. The maximum absolute atomic E-state index is 12.8. The zero-order chi connectivity index (χ0) is 28.4. The number of hydrogen-bond donors (Lipinski definition) is 5. The normalized spacial score (nSPS) is 13.8. The first kappa shape index (κ1) is 35.8. The van der Waals surface area contributed by atoms with Crippen LogP contribution in [0.5, 0.6) is 0 Å². The van der Waals surface area contributed by atoms with Crippen molar-refractivity contribution in [3.8, 4) is 0 Å². The fraction of sp³-hybridized carbons (Fsp3) is 0.667. The molecule has 0 spiro atoms. The second-order valence-electron chi connectivity index (χ2n) is 7.60. The molecule has 0 aromatic carbocycles. The van der Waals surface area contributed by atoms with Crippen LogP contribution in [0.15, 0.2) is 16.8 Å². The number of aliphatic hydroxyl groups excluding tert-OH is 2. The van der Waals surface area contributed by atoms with Gasteiger partial charge in [-0.1, -0.05) is 21.6 Å². The largest absolute Gasteiger partial charge is 0.490 e. The molecule has 37 heavy (non-hydrogen) atoms. The number of carboxylic acids is 1. The third-order valence-corrected chi connectivity index (χ3v) is 8.37. The molecule has 3 atom stereocenters. The van der Waals surface area contributed by atoms with Gasteiger partial charge in [0.05, 0.1) is 19.1 Å². The SMILES string of the molecule is CSCCC(N)CSSCC(Cc1ccsc1)C(=O)NC(C)C(=O)OC(CO)CO.O=C(O)C(F)(F)F. The van der Waals surface area contributed by atoms with Crippen LogP contribution in [-0.4, -0.2) is 94.3 Å². The molecule has 0 bridgehead atoms. The monoisotopic (exact) mass is 610 g/mol. The number of ether oxygens (including phenoxy) is 1. The van der Waals surface area contributed by atoms with Gasteiger partial charge >= 0.3 is 18.1 Å². The molecule has 1 rings (SSSR count). The molecule has 16 heteroatoms. The van der Waals surface area contributed by atoms with Gasteiger partial charge in [-0.2, -0.15) is 36.3 Å². The Hall–Kier alpha value is -1.17. The predicted molar refractivity (Wildman–Crippen MR) is 143 cm³/mol. The number of thiophene rings is 1. The Morgan fingerprint density at radius 1 is 1.19 bits per heavy atom. The number of halogens is 3. The molecular formula is C21H33F3N2O7S4. The summed E-state index contributed by atoms with van der Waals surface area (Å²) in [4.78, 5) is 33.8. The van der Waals surface area contributed by atoms with Crippen LogP contribution in [0.3, 0.4) is 0 Å². The number of nitrogens with two attached hydrogens (primary N) is 1. The van der Waals surface area contributed by atoms with Gasteiger partial charge < -0.3 is 31.1 Å². The van der Waals surface area contributed by atoms with Gasteiger partial charge in [0.2, 0.25) is 5.91 Å². The van der Waals surface area contributed by atoms with Gasteiger partial charge in [-0.25, -0.2) is 9.59 Å². The standard InChI is InChI=1S/C19H32N2O5S4.C2HF3O2/c1-13(19(25)26-17(8-22)9-23)21-18(24)15(7-14-3-6-28-10-14)11-29-30-12-16(20)4-5-27-2;3-2(4,5)1(6)7/h3,6,10,13,15-17,22-23H,4-5,7-9,11-12,20H2,1-2H3,(H,21,24);(H,6,7). The van der Waals surface area contributed by atoms with Gasteiger partial charge in [0.1, 0.15) is 12.1 Å². The minimum atomic E-state index is -5.08. The van der Waals surface area contributed by atoms with Crippen molar-refractivity contribution in [2.45, 2.75) is 44.1 Å². The summed E-state index contributed by atoms with van der Waals surface area (Å²) in [5, 5.41) is 31.9. The van der Waals surface area contributed by atoms with Crippen molar-refractivity contribution >= 4 is 62.5 Å². The highest BCUT2D eigenvalue weighted by atomic mass is 33.1. The number of alkyl halides is 3. The van der Waals surface area contributed by atoms with Crippen LogP contribution in [0.4, 0.5) is 13.2 Å². The number of carboxylic acid groups (broad SMARTS) is 1. The van der Waals surface area contributed by atoms with E-state index >= 15 is 0 Å². The lowest BCUT2D eigenvalue weighted by molar-refractivity contribution is -0.192. The van der Waals surface area contributed by atoms with E-state index in [2.05, 4.69) is 11.6 Å². The number of hydrogen-bond acceptors (Lipinski definition) is 11. The minimum Gasteiger partial charge on any atom is -0.475 e. The third-order valence-electron chi connectivity index (χ3n) is 4.41. The van der Waals surface area contributed by atoms with Gasteiger partial charge in [-0.15, -0.1) is 0 Å². The first-order valence-corrected chi connectivity index (χ1v) is 15.7. The molecule has 3 unspecified atom stereocenters. The maximum Gasteiger partial charge on any atom is 0.490 e. The van der Waals surface area contributed by atoms with Crippen LogP contribution in [-0.2, 0) is 25.5 Å². The molecule has 0 saturated heterocycles. The molecule has 0 saturated carbocycles. The van der Waals surface area contributed by atoms with E-state index in [9.17, 15) is 22.8 Å². The number of aliphatic carboxylic acids is 1. The Morgan fingerprint density at radius 2 is 1.78 bits per heavy atom. The van der Waals surface area contributed by atoms with Crippen molar-refractivity contribution in [3.63, 3.8) is 0 Å². The lowest BCUT2D eigenvalue weighted by Crippen LogP contribution is -2.45. The zero-order valence-electron chi connectivity index (χ0n) is 20.3. The van der Waals surface area contributed by atoms with Gasteiger partial charge in [0.25, 0.3) is 0 Å². The Morgan fingerprint density at radius 3 is 2.27 bits per heavy atom. The lowest BCUT2D eigenvalue weighted by Gasteiger charge is -2.21. The van der Waals surface area contributed by atoms with Crippen LogP contribution in [0.25, 0.3) is 0 Å². The zero-order valence-corrected chi connectivity index (χ0v) is 23.6. The number of carbonyl (C=O) groups excluding carboxylic acids is 2. The van der Waals surface area contributed by atoms with Crippen molar-refractivity contribution in [1.82, 2.24) is 5.32 Å². The molecule has 1 heterocycles. The van der Waals surface area contributed by atoms with Gasteiger partial charge in [-0.05, 0) is 54.2 Å². The van der Waals surface area contributed by atoms with Crippen molar-refractivity contribution in [2.75, 3.05) is 36.7 Å². The topological polar surface area (TPSA) is 159 Å². The van der Waals surface area contributed by atoms with E-state index in [1.54, 1.807) is 44.7 Å². The molecule has 214 valence electrons. The number of thioether (sulfide) groups is 1. The van der Waals surface area contributed by atoms with Crippen molar-refractivity contribution in [3.05, 3.63) is 22.4 Å². The number of nitrogens with one attached hydrogen (secondary N) is 1. The Bertz CT molecular complexity index is 785. The predicted octanol–water partition coefficient (Wildman–Crippen LogP) is 2.40. The fourth-order valence-electron chi connectivity index (χ4n) is 2.33. The van der Waals surface area contributed by atoms with Gasteiger partial charge in [0, 0.05) is 17.5 Å². The minimum absolute atomic E-state index is 0.139. The smallest absolute Gasteiger partial charge is 0.475 e. The van der Waals surface area contributed by atoms with E-state index in [-0.39, 0.29) is 17.9 Å². The molecule has 1 aromatic heterocycles. The van der Waals surface area contributed by atoms with Crippen LogP contribution in [0, 0.1) is 5.92 Å². The van der Waals surface area contributed by atoms with E-state index < -0.39 is 43.5 Å². The van der Waals surface area contributed by atoms with Gasteiger partial charge in [-0.3, -0.25) is 4.79 Å². The van der Waals surface area contributed by atoms with Gasteiger partial charge in [0.15, 0.2) is 0 Å². The summed E-state index contributed by atoms with van der Waals surface area (Å²) in [6.07, 6.45) is -2.46. The summed E-state index contributed by atoms with van der Waals surface area (Å²) >= 11 is 3.36. The van der Waals surface area contributed by atoms with Crippen molar-refractivity contribution in [2.24, 2.45) is 11.7 Å². The van der Waals surface area contributed by atoms with Crippen LogP contribution in [0.1, 0.15) is 18.9 Å². The highest BCUT2D eigenvalue weighted by Crippen LogP contribution is 2.27. The summed E-state index contributed by atoms with van der Waals surface area (Å²) in [6.45, 7) is 0.577. The average molecular weight is 611 g/mol. The molecule has 9 nitrogen and oxygen atoms in total. The van der Waals surface area contributed by atoms with Crippen LogP contribution < -0.4 is 11.1 Å². The van der Waals surface area contributed by atoms with E-state index in [4.69, 9.17) is 30.6 Å². The number of carbonyl (C=O) groups is 3. The van der Waals surface area contributed by atoms with Crippen molar-refractivity contribution < 1.29 is 47.6 Å². The summed E-state index contributed by atoms with van der Waals surface area (Å²) in [7, 11) is 3.28. The molecule has 0 aliphatic heterocycles. The first-order valence-electron chi connectivity index (χ1n) is 10.9. The van der Waals surface area contributed by atoms with Crippen LogP contribution in [0.2, 0.25) is 0 Å². The maximum atomic E-state index is 12.8. The number of aliphatic hydroxyl groups is 2. The first-order chi connectivity index (χ1) is 17.3. The molecule has 0 radical (unpaired) electrons. The van der Waals surface area contributed by atoms with E-state index in [1.807, 2.05) is 16.8 Å². The number of rotatable bonds is 16. The fourth-order valence-corrected chi connectivity index (χ4v) is 6.11. The van der Waals surface area contributed by atoms with Crippen molar-refractivity contribution in [1.29, 1.82) is 0 Å². The number of amides is 1. The van der Waals surface area contributed by atoms with Crippen LogP contribution >= 0.6 is 44.7 Å². The molecule has 6 N–H and O–H groups in total. The third kappa shape index (κ3) is 17.1.